The number of carbonyl (C=O) groups is 1. The molecule has 156 valence electrons. The molecule has 30 heavy (non-hydrogen) atoms. The minimum Gasteiger partial charge on any atom is -0.395 e. The number of aliphatic hydroxyl groups is 1. The molecule has 0 radical (unpaired) electrons. The Hall–Kier alpha value is -2.70. The van der Waals surface area contributed by atoms with Gasteiger partial charge in [-0.3, -0.25) is 4.79 Å². The molecule has 1 N–H and O–H groups in total. The molecule has 1 aliphatic carbocycles. The van der Waals surface area contributed by atoms with Gasteiger partial charge in [-0.05, 0) is 48.6 Å². The monoisotopic (exact) mass is 425 g/mol. The third-order valence-electron chi connectivity index (χ3n) is 6.06. The molecule has 2 aromatic carbocycles. The highest BCUT2D eigenvalue weighted by molar-refractivity contribution is 6.30. The predicted octanol–water partition coefficient (Wildman–Crippen LogP) is 4.10. The number of halogens is 1. The molecule has 0 saturated heterocycles. The van der Waals surface area contributed by atoms with Gasteiger partial charge in [0.15, 0.2) is 0 Å². The molecule has 1 atom stereocenters. The van der Waals surface area contributed by atoms with Crippen molar-refractivity contribution in [1.29, 1.82) is 0 Å². The van der Waals surface area contributed by atoms with Crippen LogP contribution in [0.25, 0.3) is 22.8 Å². The smallest absolute Gasteiger partial charge is 0.258 e. The van der Waals surface area contributed by atoms with Crippen LogP contribution >= 0.6 is 11.6 Å². The van der Waals surface area contributed by atoms with Crippen LogP contribution in [0, 0.1) is 0 Å². The molecule has 1 unspecified atom stereocenters. The van der Waals surface area contributed by atoms with Gasteiger partial charge in [0.1, 0.15) is 0 Å². The molecule has 1 amide bonds. The van der Waals surface area contributed by atoms with E-state index in [4.69, 9.17) is 16.1 Å². The lowest BCUT2D eigenvalue weighted by Gasteiger charge is -2.34. The summed E-state index contributed by atoms with van der Waals surface area (Å²) in [6.07, 6.45) is 3.54. The van der Waals surface area contributed by atoms with Gasteiger partial charge in [0.05, 0.1) is 6.61 Å². The summed E-state index contributed by atoms with van der Waals surface area (Å²) in [7, 11) is 0. The van der Waals surface area contributed by atoms with E-state index in [0.717, 1.165) is 36.8 Å². The first kappa shape index (κ1) is 20.6. The molecule has 0 saturated carbocycles. The second-order valence-corrected chi connectivity index (χ2v) is 8.13. The first-order valence-electron chi connectivity index (χ1n) is 10.1. The summed E-state index contributed by atoms with van der Waals surface area (Å²) in [6.45, 7) is 3.04. The maximum atomic E-state index is 11.5. The van der Waals surface area contributed by atoms with E-state index in [1.54, 1.807) is 17.0 Å². The SMILES string of the molecule is CCC1(CN(C=O)CCO)CCc2c(-c3noc(-c4cccc(Cl)c4)n3)cccc21. The number of amides is 1. The number of aliphatic hydroxyl groups excluding tert-OH is 1. The average molecular weight is 426 g/mol. The lowest BCUT2D eigenvalue weighted by atomic mass is 9.78. The zero-order valence-electron chi connectivity index (χ0n) is 16.8. The molecule has 1 aliphatic rings. The van der Waals surface area contributed by atoms with E-state index in [1.807, 2.05) is 24.3 Å². The molecule has 0 bridgehead atoms. The summed E-state index contributed by atoms with van der Waals surface area (Å²) >= 11 is 6.08. The Morgan fingerprint density at radius 1 is 1.30 bits per heavy atom. The molecular formula is C23H24ClN3O3. The lowest BCUT2D eigenvalue weighted by Crippen LogP contribution is -2.40. The van der Waals surface area contributed by atoms with E-state index in [2.05, 4.69) is 23.1 Å². The van der Waals surface area contributed by atoms with Crippen molar-refractivity contribution in [3.8, 4) is 22.8 Å². The molecule has 0 fully saturated rings. The van der Waals surface area contributed by atoms with E-state index in [-0.39, 0.29) is 12.0 Å². The highest BCUT2D eigenvalue weighted by Crippen LogP contribution is 2.45. The fourth-order valence-electron chi connectivity index (χ4n) is 4.46. The molecule has 1 heterocycles. The van der Waals surface area contributed by atoms with Gasteiger partial charge < -0.3 is 14.5 Å². The van der Waals surface area contributed by atoms with Crippen molar-refractivity contribution in [2.45, 2.75) is 31.6 Å². The fraction of sp³-hybridized carbons (Fsp3) is 0.348. The number of rotatable bonds is 8. The maximum absolute atomic E-state index is 11.5. The van der Waals surface area contributed by atoms with Gasteiger partial charge in [0.25, 0.3) is 5.89 Å². The first-order valence-corrected chi connectivity index (χ1v) is 10.5. The van der Waals surface area contributed by atoms with Crippen molar-refractivity contribution < 1.29 is 14.4 Å². The average Bonchev–Trinajstić information content (AvgIpc) is 3.39. The number of carbonyl (C=O) groups excluding carboxylic acids is 1. The third-order valence-corrected chi connectivity index (χ3v) is 6.29. The van der Waals surface area contributed by atoms with Crippen LogP contribution < -0.4 is 0 Å². The molecule has 0 spiro atoms. The van der Waals surface area contributed by atoms with Crippen molar-refractivity contribution in [2.75, 3.05) is 19.7 Å². The molecule has 6 nitrogen and oxygen atoms in total. The largest absolute Gasteiger partial charge is 0.395 e. The van der Waals surface area contributed by atoms with Crippen LogP contribution in [-0.4, -0.2) is 46.3 Å². The van der Waals surface area contributed by atoms with Gasteiger partial charge in [-0.1, -0.05) is 47.9 Å². The van der Waals surface area contributed by atoms with Gasteiger partial charge in [-0.15, -0.1) is 0 Å². The second kappa shape index (κ2) is 8.58. The van der Waals surface area contributed by atoms with Gasteiger partial charge in [0, 0.05) is 34.7 Å². The Kier molecular flexibility index (Phi) is 5.88. The van der Waals surface area contributed by atoms with Gasteiger partial charge in [0.2, 0.25) is 12.2 Å². The summed E-state index contributed by atoms with van der Waals surface area (Å²) < 4.78 is 5.51. The lowest BCUT2D eigenvalue weighted by molar-refractivity contribution is -0.119. The second-order valence-electron chi connectivity index (χ2n) is 7.70. The summed E-state index contributed by atoms with van der Waals surface area (Å²) in [5.41, 5.74) is 4.03. The highest BCUT2D eigenvalue weighted by Gasteiger charge is 2.40. The van der Waals surface area contributed by atoms with Crippen LogP contribution in [0.4, 0.5) is 0 Å². The molecule has 1 aromatic heterocycles. The molecule has 7 heteroatoms. The molecule has 3 aromatic rings. The first-order chi connectivity index (χ1) is 14.6. The Morgan fingerprint density at radius 3 is 2.87 bits per heavy atom. The summed E-state index contributed by atoms with van der Waals surface area (Å²) in [5, 5.41) is 14.1. The zero-order valence-corrected chi connectivity index (χ0v) is 17.6. The van der Waals surface area contributed by atoms with Crippen LogP contribution in [0.5, 0.6) is 0 Å². The predicted molar refractivity (Wildman–Crippen MR) is 115 cm³/mol. The quantitative estimate of drug-likeness (QED) is 0.549. The van der Waals surface area contributed by atoms with Crippen LogP contribution in [0.2, 0.25) is 5.02 Å². The van der Waals surface area contributed by atoms with Crippen molar-refractivity contribution in [1.82, 2.24) is 15.0 Å². The Balaban J connectivity index is 1.70. The number of fused-ring (bicyclic) bond motifs is 1. The summed E-state index contributed by atoms with van der Waals surface area (Å²) in [5.74, 6) is 0.983. The number of hydrogen-bond donors (Lipinski definition) is 1. The van der Waals surface area contributed by atoms with E-state index in [1.165, 1.54) is 11.1 Å². The van der Waals surface area contributed by atoms with E-state index in [0.29, 0.717) is 29.8 Å². The third kappa shape index (κ3) is 3.73. The van der Waals surface area contributed by atoms with Crippen LogP contribution in [0.3, 0.4) is 0 Å². The summed E-state index contributed by atoms with van der Waals surface area (Å²) in [4.78, 5) is 17.8. The van der Waals surface area contributed by atoms with Crippen LogP contribution in [0.1, 0.15) is 30.9 Å². The number of aromatic nitrogens is 2. The number of nitrogens with zero attached hydrogens (tertiary/aromatic N) is 3. The highest BCUT2D eigenvalue weighted by atomic mass is 35.5. The molecule has 0 aliphatic heterocycles. The van der Waals surface area contributed by atoms with Crippen molar-refractivity contribution in [3.05, 3.63) is 58.6 Å². The van der Waals surface area contributed by atoms with Gasteiger partial charge in [-0.25, -0.2) is 0 Å². The minimum atomic E-state index is -0.138. The van der Waals surface area contributed by atoms with E-state index < -0.39 is 0 Å². The Morgan fingerprint density at radius 2 is 2.13 bits per heavy atom. The topological polar surface area (TPSA) is 79.5 Å². The van der Waals surface area contributed by atoms with Crippen molar-refractivity contribution in [2.24, 2.45) is 0 Å². The van der Waals surface area contributed by atoms with Crippen LogP contribution in [-0.2, 0) is 16.6 Å². The van der Waals surface area contributed by atoms with Crippen molar-refractivity contribution >= 4 is 18.0 Å². The normalized spacial score (nSPS) is 17.7. The number of hydrogen-bond acceptors (Lipinski definition) is 5. The summed E-state index contributed by atoms with van der Waals surface area (Å²) in [6, 6.07) is 13.5. The van der Waals surface area contributed by atoms with E-state index >= 15 is 0 Å². The van der Waals surface area contributed by atoms with Crippen molar-refractivity contribution in [3.63, 3.8) is 0 Å². The van der Waals surface area contributed by atoms with Crippen LogP contribution in [0.15, 0.2) is 47.0 Å². The molecular weight excluding hydrogens is 402 g/mol. The Labute approximate surface area is 180 Å². The Bertz CT molecular complexity index is 1050. The standard InChI is InChI=1S/C23H24ClN3O3/c1-2-23(14-27(15-29)11-12-28)10-9-18-19(7-4-8-20(18)23)21-25-22(30-26-21)16-5-3-6-17(24)13-16/h3-8,13,15,28H,2,9-12,14H2,1H3. The van der Waals surface area contributed by atoms with E-state index in [9.17, 15) is 9.90 Å². The minimum absolute atomic E-state index is 0.0411. The zero-order chi connectivity index (χ0) is 21.1. The molecule has 4 rings (SSSR count). The van der Waals surface area contributed by atoms with Gasteiger partial charge >= 0.3 is 0 Å². The maximum Gasteiger partial charge on any atom is 0.258 e. The van der Waals surface area contributed by atoms with Gasteiger partial charge in [-0.2, -0.15) is 4.98 Å². The number of benzene rings is 2. The fourth-order valence-corrected chi connectivity index (χ4v) is 4.65.